The van der Waals surface area contributed by atoms with E-state index >= 15 is 0 Å². The topological polar surface area (TPSA) is 48.1 Å². The predicted octanol–water partition coefficient (Wildman–Crippen LogP) is 2.56. The Morgan fingerprint density at radius 2 is 1.83 bits per heavy atom. The molecule has 0 fully saturated rings. The van der Waals surface area contributed by atoms with Gasteiger partial charge in [0.05, 0.1) is 12.3 Å². The van der Waals surface area contributed by atoms with Gasteiger partial charge in [0.15, 0.2) is 11.6 Å². The highest BCUT2D eigenvalue weighted by Gasteiger charge is 2.08. The van der Waals surface area contributed by atoms with Crippen molar-refractivity contribution in [3.8, 4) is 5.75 Å². The van der Waals surface area contributed by atoms with Crippen LogP contribution in [0.4, 0.5) is 14.5 Å². The molecule has 1 aromatic heterocycles. The van der Waals surface area contributed by atoms with Gasteiger partial charge < -0.3 is 10.5 Å². The first-order valence-corrected chi connectivity index (χ1v) is 5.43. The molecule has 5 heteroatoms. The van der Waals surface area contributed by atoms with Crippen LogP contribution in [0.3, 0.4) is 0 Å². The van der Waals surface area contributed by atoms with E-state index in [-0.39, 0.29) is 18.0 Å². The van der Waals surface area contributed by atoms with Crippen LogP contribution in [-0.4, -0.2) is 11.6 Å². The van der Waals surface area contributed by atoms with Crippen molar-refractivity contribution < 1.29 is 13.5 Å². The molecule has 18 heavy (non-hydrogen) atoms. The Hall–Kier alpha value is -2.17. The van der Waals surface area contributed by atoms with Gasteiger partial charge in [-0.3, -0.25) is 4.98 Å². The molecule has 1 heterocycles. The third kappa shape index (κ3) is 2.94. The number of nitrogen functional groups attached to an aromatic ring is 1. The van der Waals surface area contributed by atoms with Gasteiger partial charge in [0.25, 0.3) is 0 Å². The second kappa shape index (κ2) is 5.44. The minimum atomic E-state index is -0.685. The SMILES string of the molecule is Nc1cc(F)c(OCCc2ccncc2)cc1F. The summed E-state index contributed by atoms with van der Waals surface area (Å²) in [4.78, 5) is 3.88. The van der Waals surface area contributed by atoms with E-state index in [1.165, 1.54) is 0 Å². The van der Waals surface area contributed by atoms with Gasteiger partial charge in [0.2, 0.25) is 0 Å². The Balaban J connectivity index is 1.97. The lowest BCUT2D eigenvalue weighted by Gasteiger charge is -2.08. The Bertz CT molecular complexity index is 532. The van der Waals surface area contributed by atoms with Crippen LogP contribution in [0.25, 0.3) is 0 Å². The van der Waals surface area contributed by atoms with Crippen molar-refractivity contribution >= 4 is 5.69 Å². The third-order valence-corrected chi connectivity index (χ3v) is 2.45. The van der Waals surface area contributed by atoms with Gasteiger partial charge in [0.1, 0.15) is 5.82 Å². The minimum Gasteiger partial charge on any atom is -0.490 e. The fraction of sp³-hybridized carbons (Fsp3) is 0.154. The molecule has 0 unspecified atom stereocenters. The standard InChI is InChI=1S/C13H12F2N2O/c14-10-8-13(11(15)7-12(10)16)18-6-3-9-1-4-17-5-2-9/h1-2,4-5,7-8H,3,6,16H2. The molecule has 0 aliphatic rings. The molecule has 0 amide bonds. The maximum atomic E-state index is 13.4. The van der Waals surface area contributed by atoms with Crippen LogP contribution in [-0.2, 0) is 6.42 Å². The number of ether oxygens (including phenoxy) is 1. The highest BCUT2D eigenvalue weighted by Crippen LogP contribution is 2.22. The van der Waals surface area contributed by atoms with E-state index in [0.717, 1.165) is 17.7 Å². The average molecular weight is 250 g/mol. The number of aromatic nitrogens is 1. The number of nitrogens with two attached hydrogens (primary N) is 1. The quantitative estimate of drug-likeness (QED) is 0.848. The summed E-state index contributed by atoms with van der Waals surface area (Å²) in [6.45, 7) is 0.254. The van der Waals surface area contributed by atoms with Gasteiger partial charge in [-0.1, -0.05) is 0 Å². The molecule has 0 bridgehead atoms. The Morgan fingerprint density at radius 1 is 1.11 bits per heavy atom. The molecule has 2 rings (SSSR count). The van der Waals surface area contributed by atoms with Crippen molar-refractivity contribution in [3.63, 3.8) is 0 Å². The summed E-state index contributed by atoms with van der Waals surface area (Å²) in [7, 11) is 0. The van der Waals surface area contributed by atoms with Gasteiger partial charge in [0, 0.05) is 30.9 Å². The smallest absolute Gasteiger partial charge is 0.167 e. The number of nitrogens with zero attached hydrogens (tertiary/aromatic N) is 1. The molecule has 3 nitrogen and oxygen atoms in total. The molecule has 0 radical (unpaired) electrons. The summed E-state index contributed by atoms with van der Waals surface area (Å²) >= 11 is 0. The Kier molecular flexibility index (Phi) is 3.72. The average Bonchev–Trinajstić information content (AvgIpc) is 2.37. The van der Waals surface area contributed by atoms with Crippen molar-refractivity contribution in [2.75, 3.05) is 12.3 Å². The minimum absolute atomic E-state index is 0.129. The zero-order valence-corrected chi connectivity index (χ0v) is 9.57. The summed E-state index contributed by atoms with van der Waals surface area (Å²) in [5, 5.41) is 0. The molecule has 0 aliphatic heterocycles. The number of hydrogen-bond donors (Lipinski definition) is 1. The molecule has 0 spiro atoms. The van der Waals surface area contributed by atoms with Gasteiger partial charge in [-0.25, -0.2) is 8.78 Å². The van der Waals surface area contributed by atoms with Crippen molar-refractivity contribution in [3.05, 3.63) is 53.9 Å². The van der Waals surface area contributed by atoms with E-state index in [2.05, 4.69) is 4.98 Å². The zero-order chi connectivity index (χ0) is 13.0. The Morgan fingerprint density at radius 3 is 2.56 bits per heavy atom. The zero-order valence-electron chi connectivity index (χ0n) is 9.57. The van der Waals surface area contributed by atoms with E-state index < -0.39 is 11.6 Å². The van der Waals surface area contributed by atoms with E-state index in [4.69, 9.17) is 10.5 Å². The van der Waals surface area contributed by atoms with Crippen molar-refractivity contribution in [2.45, 2.75) is 6.42 Å². The fourth-order valence-electron chi connectivity index (χ4n) is 1.48. The first-order valence-electron chi connectivity index (χ1n) is 5.43. The fourth-order valence-corrected chi connectivity index (χ4v) is 1.48. The molecule has 0 aliphatic carbocycles. The number of pyridine rings is 1. The molecular formula is C13H12F2N2O. The molecule has 0 atom stereocenters. The second-order valence-electron chi connectivity index (χ2n) is 3.76. The summed E-state index contributed by atoms with van der Waals surface area (Å²) in [6.07, 6.45) is 3.92. The molecule has 2 N–H and O–H groups in total. The highest BCUT2D eigenvalue weighted by atomic mass is 19.1. The molecule has 94 valence electrons. The van der Waals surface area contributed by atoms with Crippen LogP contribution < -0.4 is 10.5 Å². The Labute approximate surface area is 103 Å². The summed E-state index contributed by atoms with van der Waals surface area (Å²) in [5.74, 6) is -1.48. The molecule has 0 saturated carbocycles. The van der Waals surface area contributed by atoms with Crippen LogP contribution in [0.15, 0.2) is 36.7 Å². The number of benzene rings is 1. The van der Waals surface area contributed by atoms with Crippen LogP contribution in [0.2, 0.25) is 0 Å². The summed E-state index contributed by atoms with van der Waals surface area (Å²) in [6, 6.07) is 5.54. The number of halogens is 2. The molecule has 1 aromatic carbocycles. The van der Waals surface area contributed by atoms with E-state index in [1.54, 1.807) is 12.4 Å². The van der Waals surface area contributed by atoms with Crippen LogP contribution in [0, 0.1) is 11.6 Å². The summed E-state index contributed by atoms with van der Waals surface area (Å²) in [5.41, 5.74) is 6.02. The van der Waals surface area contributed by atoms with Crippen LogP contribution in [0.5, 0.6) is 5.75 Å². The monoisotopic (exact) mass is 250 g/mol. The van der Waals surface area contributed by atoms with Gasteiger partial charge >= 0.3 is 0 Å². The lowest BCUT2D eigenvalue weighted by molar-refractivity contribution is 0.303. The van der Waals surface area contributed by atoms with Gasteiger partial charge in [-0.05, 0) is 17.7 Å². The molecular weight excluding hydrogens is 238 g/mol. The van der Waals surface area contributed by atoms with Crippen molar-refractivity contribution in [1.29, 1.82) is 0 Å². The maximum Gasteiger partial charge on any atom is 0.167 e. The number of rotatable bonds is 4. The second-order valence-corrected chi connectivity index (χ2v) is 3.76. The van der Waals surface area contributed by atoms with Crippen molar-refractivity contribution in [1.82, 2.24) is 4.98 Å². The van der Waals surface area contributed by atoms with E-state index in [9.17, 15) is 8.78 Å². The first-order chi connectivity index (χ1) is 8.66. The van der Waals surface area contributed by atoms with Gasteiger partial charge in [-0.2, -0.15) is 0 Å². The highest BCUT2D eigenvalue weighted by molar-refractivity contribution is 5.44. The number of anilines is 1. The number of hydrogen-bond acceptors (Lipinski definition) is 3. The first kappa shape index (κ1) is 12.3. The third-order valence-electron chi connectivity index (χ3n) is 2.45. The predicted molar refractivity (Wildman–Crippen MR) is 64.2 cm³/mol. The van der Waals surface area contributed by atoms with Crippen LogP contribution >= 0.6 is 0 Å². The molecule has 2 aromatic rings. The largest absolute Gasteiger partial charge is 0.490 e. The lowest BCUT2D eigenvalue weighted by Crippen LogP contribution is -2.04. The normalized spacial score (nSPS) is 10.3. The van der Waals surface area contributed by atoms with Crippen LogP contribution in [0.1, 0.15) is 5.56 Å². The van der Waals surface area contributed by atoms with Gasteiger partial charge in [-0.15, -0.1) is 0 Å². The van der Waals surface area contributed by atoms with Crippen molar-refractivity contribution in [2.24, 2.45) is 0 Å². The maximum absolute atomic E-state index is 13.4. The lowest BCUT2D eigenvalue weighted by atomic mass is 10.2. The van der Waals surface area contributed by atoms with E-state index in [1.807, 2.05) is 12.1 Å². The summed E-state index contributed by atoms with van der Waals surface area (Å²) < 4.78 is 31.7. The molecule has 0 saturated heterocycles. The van der Waals surface area contributed by atoms with E-state index in [0.29, 0.717) is 6.42 Å².